The predicted octanol–water partition coefficient (Wildman–Crippen LogP) is 3.13. The fraction of sp³-hybridized carbons (Fsp3) is 0.273. The van der Waals surface area contributed by atoms with Gasteiger partial charge in [0.05, 0.1) is 23.5 Å². The second kappa shape index (κ2) is 9.40. The molecule has 0 aliphatic heterocycles. The van der Waals surface area contributed by atoms with Crippen molar-refractivity contribution in [2.45, 2.75) is 33.3 Å². The fourth-order valence-electron chi connectivity index (χ4n) is 2.66. The van der Waals surface area contributed by atoms with Gasteiger partial charge in [0.25, 0.3) is 0 Å². The van der Waals surface area contributed by atoms with E-state index in [9.17, 15) is 5.11 Å². The smallest absolute Gasteiger partial charge is 0.224 e. The van der Waals surface area contributed by atoms with Gasteiger partial charge in [-0.2, -0.15) is 9.78 Å². The van der Waals surface area contributed by atoms with Gasteiger partial charge in [0.1, 0.15) is 11.6 Å². The van der Waals surface area contributed by atoms with E-state index >= 15 is 0 Å². The Morgan fingerprint density at radius 3 is 2.77 bits per heavy atom. The van der Waals surface area contributed by atoms with E-state index < -0.39 is 5.60 Å². The molecule has 0 aliphatic carbocycles. The third-order valence-corrected chi connectivity index (χ3v) is 4.00. The summed E-state index contributed by atoms with van der Waals surface area (Å²) in [4.78, 5) is 13.0. The van der Waals surface area contributed by atoms with Gasteiger partial charge >= 0.3 is 0 Å². The van der Waals surface area contributed by atoms with E-state index in [1.165, 1.54) is 6.20 Å². The van der Waals surface area contributed by atoms with E-state index in [0.29, 0.717) is 29.0 Å². The highest BCUT2D eigenvalue weighted by Crippen LogP contribution is 2.26. The number of aromatic nitrogens is 4. The number of pyridine rings is 2. The number of nitrogens with two attached hydrogens (primary N) is 1. The molecule has 0 aromatic carbocycles. The molecule has 0 radical (unpaired) electrons. The maximum absolute atomic E-state index is 9.77. The molecular formula is C22H27N7O2. The number of hydrogen-bond acceptors (Lipinski definition) is 8. The predicted molar refractivity (Wildman–Crippen MR) is 121 cm³/mol. The summed E-state index contributed by atoms with van der Waals surface area (Å²) in [6.07, 6.45) is 4.55. The van der Waals surface area contributed by atoms with Crippen LogP contribution < -0.4 is 15.8 Å². The second-order valence-corrected chi connectivity index (χ2v) is 7.68. The molecule has 3 rings (SSSR count). The average molecular weight is 422 g/mol. The molecule has 3 aromatic heterocycles. The van der Waals surface area contributed by atoms with E-state index in [1.807, 2.05) is 38.1 Å². The normalized spacial score (nSPS) is 12.4. The maximum atomic E-state index is 9.77. The quantitative estimate of drug-likeness (QED) is 0.477. The Morgan fingerprint density at radius 2 is 2.06 bits per heavy atom. The molecule has 0 saturated carbocycles. The molecule has 3 aromatic rings. The number of aliphatic imine (C=N–C) groups is 1. The number of aryl methyl sites for hydroxylation is 2. The van der Waals surface area contributed by atoms with Crippen LogP contribution in [0.1, 0.15) is 25.2 Å². The van der Waals surface area contributed by atoms with Gasteiger partial charge in [0.2, 0.25) is 5.88 Å². The summed E-state index contributed by atoms with van der Waals surface area (Å²) in [5.74, 6) is 2.30. The summed E-state index contributed by atoms with van der Waals surface area (Å²) in [5, 5.41) is 17.3. The van der Waals surface area contributed by atoms with Gasteiger partial charge in [-0.3, -0.25) is 4.99 Å². The third kappa shape index (κ3) is 6.38. The Morgan fingerprint density at radius 1 is 1.26 bits per heavy atom. The van der Waals surface area contributed by atoms with Crippen LogP contribution in [0.25, 0.3) is 5.82 Å². The minimum Gasteiger partial charge on any atom is -0.439 e. The number of hydrogen-bond donors (Lipinski definition) is 3. The molecule has 0 spiro atoms. The summed E-state index contributed by atoms with van der Waals surface area (Å²) in [5.41, 5.74) is 7.02. The standard InChI is InChI=1S/C22H27N7O2/c1-15-6-5-7-20(26-15)29-21(10-16(2)28-29)31-18-8-9-25-19(11-18)27-17(12-23)13-24-14-22(3,4)30/h5-13,30H,14,23H2,1-4H3,(H,25,27). The minimum atomic E-state index is -0.893. The van der Waals surface area contributed by atoms with Crippen molar-refractivity contribution < 1.29 is 9.84 Å². The van der Waals surface area contributed by atoms with Crippen LogP contribution in [0.2, 0.25) is 0 Å². The Hall–Kier alpha value is -3.72. The second-order valence-electron chi connectivity index (χ2n) is 7.68. The van der Waals surface area contributed by atoms with Crippen LogP contribution in [0.3, 0.4) is 0 Å². The lowest BCUT2D eigenvalue weighted by atomic mass is 10.1. The SMILES string of the molecule is Cc1cccc(-n2nc(C)cc2Oc2ccnc(NC(C=NCC(C)(C)O)=CN)c2)n1. The van der Waals surface area contributed by atoms with Gasteiger partial charge < -0.3 is 20.9 Å². The van der Waals surface area contributed by atoms with Crippen LogP contribution in [-0.4, -0.2) is 43.2 Å². The summed E-state index contributed by atoms with van der Waals surface area (Å²) in [6.45, 7) is 7.44. The van der Waals surface area contributed by atoms with Gasteiger partial charge in [0.15, 0.2) is 5.82 Å². The van der Waals surface area contributed by atoms with Gasteiger partial charge in [0, 0.05) is 36.4 Å². The molecule has 4 N–H and O–H groups in total. The van der Waals surface area contributed by atoms with Crippen molar-refractivity contribution in [2.75, 3.05) is 11.9 Å². The molecule has 0 fully saturated rings. The van der Waals surface area contributed by atoms with Crippen molar-refractivity contribution in [3.05, 3.63) is 65.9 Å². The number of nitrogens with one attached hydrogen (secondary N) is 1. The van der Waals surface area contributed by atoms with Gasteiger partial charge in [-0.1, -0.05) is 6.07 Å². The average Bonchev–Trinajstić information content (AvgIpc) is 3.06. The number of ether oxygens (including phenoxy) is 1. The van der Waals surface area contributed by atoms with Crippen LogP contribution in [0.5, 0.6) is 11.6 Å². The highest BCUT2D eigenvalue weighted by Gasteiger charge is 2.12. The van der Waals surface area contributed by atoms with Crippen molar-refractivity contribution in [3.8, 4) is 17.4 Å². The summed E-state index contributed by atoms with van der Waals surface area (Å²) in [7, 11) is 0. The lowest BCUT2D eigenvalue weighted by Crippen LogP contribution is -2.22. The van der Waals surface area contributed by atoms with Crippen molar-refractivity contribution in [1.29, 1.82) is 0 Å². The van der Waals surface area contributed by atoms with Gasteiger partial charge in [-0.25, -0.2) is 9.97 Å². The Labute approximate surface area is 181 Å². The largest absolute Gasteiger partial charge is 0.439 e. The highest BCUT2D eigenvalue weighted by molar-refractivity contribution is 5.82. The molecule has 162 valence electrons. The van der Waals surface area contributed by atoms with Crippen molar-refractivity contribution in [1.82, 2.24) is 19.7 Å². The molecule has 0 bridgehead atoms. The fourth-order valence-corrected chi connectivity index (χ4v) is 2.66. The zero-order valence-electron chi connectivity index (χ0n) is 18.1. The summed E-state index contributed by atoms with van der Waals surface area (Å²) < 4.78 is 7.73. The minimum absolute atomic E-state index is 0.249. The van der Waals surface area contributed by atoms with Crippen molar-refractivity contribution >= 4 is 12.0 Å². The number of rotatable bonds is 8. The highest BCUT2D eigenvalue weighted by atomic mass is 16.5. The number of allylic oxidation sites excluding steroid dienone is 1. The van der Waals surface area contributed by atoms with Crippen LogP contribution in [0.15, 0.2) is 59.5 Å². The number of aliphatic hydroxyl groups is 1. The van der Waals surface area contributed by atoms with Crippen LogP contribution in [-0.2, 0) is 0 Å². The van der Waals surface area contributed by atoms with Gasteiger partial charge in [-0.15, -0.1) is 0 Å². The Balaban J connectivity index is 1.77. The first kappa shape index (κ1) is 22.0. The monoisotopic (exact) mass is 421 g/mol. The topological polar surface area (TPSA) is 123 Å². The molecule has 0 amide bonds. The van der Waals surface area contributed by atoms with Crippen molar-refractivity contribution in [3.63, 3.8) is 0 Å². The van der Waals surface area contributed by atoms with Gasteiger partial charge in [-0.05, 0) is 45.9 Å². The molecule has 31 heavy (non-hydrogen) atoms. The first-order valence-corrected chi connectivity index (χ1v) is 9.79. The Bertz CT molecular complexity index is 1100. The molecule has 0 unspecified atom stereocenters. The zero-order chi connectivity index (χ0) is 22.4. The molecule has 0 atom stereocenters. The number of nitrogens with zero attached hydrogens (tertiary/aromatic N) is 5. The first-order chi connectivity index (χ1) is 14.7. The molecule has 0 aliphatic rings. The molecule has 0 saturated heterocycles. The Kier molecular flexibility index (Phi) is 6.66. The molecular weight excluding hydrogens is 394 g/mol. The van der Waals surface area contributed by atoms with Crippen LogP contribution in [0, 0.1) is 13.8 Å². The van der Waals surface area contributed by atoms with E-state index in [1.54, 1.807) is 43.1 Å². The first-order valence-electron chi connectivity index (χ1n) is 9.79. The molecule has 9 nitrogen and oxygen atoms in total. The lowest BCUT2D eigenvalue weighted by Gasteiger charge is -2.13. The van der Waals surface area contributed by atoms with E-state index in [0.717, 1.165) is 11.4 Å². The molecule has 3 heterocycles. The van der Waals surface area contributed by atoms with E-state index in [-0.39, 0.29) is 6.54 Å². The van der Waals surface area contributed by atoms with Crippen LogP contribution >= 0.6 is 0 Å². The van der Waals surface area contributed by atoms with Crippen molar-refractivity contribution in [2.24, 2.45) is 10.7 Å². The summed E-state index contributed by atoms with van der Waals surface area (Å²) >= 11 is 0. The van der Waals surface area contributed by atoms with E-state index in [4.69, 9.17) is 10.5 Å². The maximum Gasteiger partial charge on any atom is 0.224 e. The third-order valence-electron chi connectivity index (χ3n) is 4.00. The number of anilines is 1. The zero-order valence-corrected chi connectivity index (χ0v) is 18.1. The lowest BCUT2D eigenvalue weighted by molar-refractivity contribution is 0.0906. The van der Waals surface area contributed by atoms with E-state index in [2.05, 4.69) is 25.4 Å². The molecule has 9 heteroatoms. The van der Waals surface area contributed by atoms with Crippen LogP contribution in [0.4, 0.5) is 5.82 Å². The summed E-state index contributed by atoms with van der Waals surface area (Å²) in [6, 6.07) is 11.0.